The van der Waals surface area contributed by atoms with Gasteiger partial charge < -0.3 is 15.5 Å². The van der Waals surface area contributed by atoms with E-state index in [1.54, 1.807) is 6.07 Å². The summed E-state index contributed by atoms with van der Waals surface area (Å²) in [5, 5.41) is 30.4. The molecule has 0 fully saturated rings. The van der Waals surface area contributed by atoms with Crippen molar-refractivity contribution >= 4 is 5.91 Å². The van der Waals surface area contributed by atoms with Gasteiger partial charge >= 0.3 is 0 Å². The first-order valence-corrected chi connectivity index (χ1v) is 5.25. The number of aliphatic hydroxyl groups excluding tert-OH is 2. The van der Waals surface area contributed by atoms with Gasteiger partial charge in [-0.2, -0.15) is 5.26 Å². The first kappa shape index (κ1) is 14.1. The molecule has 0 spiro atoms. The van der Waals surface area contributed by atoms with E-state index < -0.39 is 18.0 Å². The van der Waals surface area contributed by atoms with Gasteiger partial charge in [0.1, 0.15) is 24.1 Å². The summed E-state index contributed by atoms with van der Waals surface area (Å²) in [5.41, 5.74) is 0.00378. The van der Waals surface area contributed by atoms with Crippen LogP contribution in [0.5, 0.6) is 0 Å². The molecule has 1 aromatic carbocycles. The lowest BCUT2D eigenvalue weighted by Gasteiger charge is -2.18. The highest BCUT2D eigenvalue weighted by atomic mass is 19.1. The summed E-state index contributed by atoms with van der Waals surface area (Å²) < 4.78 is 13.1. The molecule has 0 heterocycles. The van der Waals surface area contributed by atoms with E-state index in [1.807, 2.05) is 0 Å². The molecule has 18 heavy (non-hydrogen) atoms. The van der Waals surface area contributed by atoms with Gasteiger partial charge in [-0.25, -0.2) is 4.39 Å². The third-order valence-corrected chi connectivity index (χ3v) is 2.38. The molecule has 3 N–H and O–H groups in total. The molecule has 5 nitrogen and oxygen atoms in total. The smallest absolute Gasteiger partial charge is 0.216 e. The van der Waals surface area contributed by atoms with Gasteiger partial charge in [0, 0.05) is 13.5 Å². The zero-order chi connectivity index (χ0) is 13.7. The number of amides is 1. The van der Waals surface area contributed by atoms with Crippen LogP contribution < -0.4 is 5.32 Å². The van der Waals surface area contributed by atoms with Crippen molar-refractivity contribution in [3.63, 3.8) is 0 Å². The Bertz CT molecular complexity index is 485. The number of carbonyl (C=O) groups excluding carboxylic acids is 1. The Balaban J connectivity index is 2.80. The van der Waals surface area contributed by atoms with Gasteiger partial charge in [0.2, 0.25) is 5.91 Å². The van der Waals surface area contributed by atoms with Crippen LogP contribution in [0, 0.1) is 17.1 Å². The average molecular weight is 252 g/mol. The molecule has 2 unspecified atom stereocenters. The van der Waals surface area contributed by atoms with E-state index in [2.05, 4.69) is 5.32 Å². The quantitative estimate of drug-likeness (QED) is 0.715. The lowest BCUT2D eigenvalue weighted by molar-refractivity contribution is -0.119. The van der Waals surface area contributed by atoms with Crippen LogP contribution in [0.3, 0.4) is 0 Å². The first-order valence-electron chi connectivity index (χ1n) is 5.25. The van der Waals surface area contributed by atoms with E-state index >= 15 is 0 Å². The molecule has 0 saturated heterocycles. The van der Waals surface area contributed by atoms with Gasteiger partial charge in [-0.3, -0.25) is 4.79 Å². The van der Waals surface area contributed by atoms with Crippen LogP contribution in [-0.2, 0) is 4.79 Å². The van der Waals surface area contributed by atoms with E-state index in [0.29, 0.717) is 0 Å². The monoisotopic (exact) mass is 252 g/mol. The van der Waals surface area contributed by atoms with Crippen LogP contribution in [0.25, 0.3) is 0 Å². The number of carbonyl (C=O) groups is 1. The molecule has 6 heteroatoms. The lowest BCUT2D eigenvalue weighted by atomic mass is 10.0. The Morgan fingerprint density at radius 1 is 1.56 bits per heavy atom. The number of rotatable bonds is 4. The summed E-state index contributed by atoms with van der Waals surface area (Å²) >= 11 is 0. The highest BCUT2D eigenvalue weighted by Gasteiger charge is 2.19. The Morgan fingerprint density at radius 2 is 2.22 bits per heavy atom. The van der Waals surface area contributed by atoms with E-state index in [9.17, 15) is 19.4 Å². The SMILES string of the molecule is CC(=O)NCC(O)C(O)c1ccc(F)c(C#N)c1. The minimum atomic E-state index is -1.30. The molecule has 0 aliphatic rings. The minimum absolute atomic E-state index is 0.129. The van der Waals surface area contributed by atoms with E-state index in [0.717, 1.165) is 12.1 Å². The molecular weight excluding hydrogens is 239 g/mol. The van der Waals surface area contributed by atoms with Gasteiger partial charge in [-0.1, -0.05) is 6.07 Å². The molecule has 0 bridgehead atoms. The lowest BCUT2D eigenvalue weighted by Crippen LogP contribution is -2.34. The third-order valence-electron chi connectivity index (χ3n) is 2.38. The van der Waals surface area contributed by atoms with Crippen molar-refractivity contribution in [2.45, 2.75) is 19.1 Å². The van der Waals surface area contributed by atoms with E-state index in [1.165, 1.54) is 13.0 Å². The topological polar surface area (TPSA) is 93.3 Å². The third kappa shape index (κ3) is 3.52. The number of hydrogen-bond acceptors (Lipinski definition) is 4. The predicted molar refractivity (Wildman–Crippen MR) is 60.8 cm³/mol. The Morgan fingerprint density at radius 3 is 2.78 bits per heavy atom. The number of benzene rings is 1. The van der Waals surface area contributed by atoms with Crippen LogP contribution in [-0.4, -0.2) is 28.8 Å². The number of nitrogens with zero attached hydrogens (tertiary/aromatic N) is 1. The van der Waals surface area contributed by atoms with Gasteiger partial charge in [0.05, 0.1) is 5.56 Å². The summed E-state index contributed by atoms with van der Waals surface area (Å²) in [4.78, 5) is 10.7. The van der Waals surface area contributed by atoms with Gasteiger partial charge in [-0.15, -0.1) is 0 Å². The van der Waals surface area contributed by atoms with Crippen molar-refractivity contribution in [2.75, 3.05) is 6.54 Å². The van der Waals surface area contributed by atoms with Crippen molar-refractivity contribution in [2.24, 2.45) is 0 Å². The molecule has 1 amide bonds. The van der Waals surface area contributed by atoms with Crippen molar-refractivity contribution < 1.29 is 19.4 Å². The summed E-state index contributed by atoms with van der Waals surface area (Å²) in [6, 6.07) is 5.13. The van der Waals surface area contributed by atoms with Crippen LogP contribution in [0.2, 0.25) is 0 Å². The second-order valence-electron chi connectivity index (χ2n) is 3.80. The van der Waals surface area contributed by atoms with Crippen molar-refractivity contribution in [3.05, 3.63) is 35.1 Å². The zero-order valence-corrected chi connectivity index (χ0v) is 9.72. The fourth-order valence-electron chi connectivity index (χ4n) is 1.39. The van der Waals surface area contributed by atoms with Gasteiger partial charge in [0.25, 0.3) is 0 Å². The zero-order valence-electron chi connectivity index (χ0n) is 9.72. The second kappa shape index (κ2) is 6.10. The molecular formula is C12H13FN2O3. The summed E-state index contributed by atoms with van der Waals surface area (Å²) in [6.45, 7) is 1.15. The highest BCUT2D eigenvalue weighted by molar-refractivity contribution is 5.72. The molecule has 0 aliphatic heterocycles. The van der Waals surface area contributed by atoms with Gasteiger partial charge in [0.15, 0.2) is 0 Å². The maximum Gasteiger partial charge on any atom is 0.216 e. The summed E-state index contributed by atoms with van der Waals surface area (Å²) in [7, 11) is 0. The maximum atomic E-state index is 13.1. The molecule has 0 aliphatic carbocycles. The number of nitrogens with one attached hydrogen (secondary N) is 1. The molecule has 0 saturated carbocycles. The fourth-order valence-corrected chi connectivity index (χ4v) is 1.39. The normalized spacial score (nSPS) is 13.5. The number of aliphatic hydroxyl groups is 2. The minimum Gasteiger partial charge on any atom is -0.388 e. The Hall–Kier alpha value is -1.97. The number of halogens is 1. The molecule has 0 aromatic heterocycles. The number of nitriles is 1. The molecule has 1 aromatic rings. The average Bonchev–Trinajstić information content (AvgIpc) is 2.35. The van der Waals surface area contributed by atoms with Gasteiger partial charge in [-0.05, 0) is 17.7 Å². The fraction of sp³-hybridized carbons (Fsp3) is 0.333. The highest BCUT2D eigenvalue weighted by Crippen LogP contribution is 2.19. The van der Waals surface area contributed by atoms with E-state index in [-0.39, 0.29) is 23.6 Å². The first-order chi connectivity index (χ1) is 8.45. The summed E-state index contributed by atoms with van der Waals surface area (Å²) in [5.74, 6) is -1.03. The maximum absolute atomic E-state index is 13.1. The summed E-state index contributed by atoms with van der Waals surface area (Å²) in [6.07, 6.45) is -2.53. The van der Waals surface area contributed by atoms with Crippen LogP contribution >= 0.6 is 0 Å². The van der Waals surface area contributed by atoms with Crippen LogP contribution in [0.15, 0.2) is 18.2 Å². The standard InChI is InChI=1S/C12H13FN2O3/c1-7(16)15-6-11(17)12(18)8-2-3-10(13)9(4-8)5-14/h2-4,11-12,17-18H,6H2,1H3,(H,15,16). The van der Waals surface area contributed by atoms with E-state index in [4.69, 9.17) is 5.26 Å². The Labute approximate surface area is 103 Å². The van der Waals surface area contributed by atoms with Crippen molar-refractivity contribution in [1.82, 2.24) is 5.32 Å². The van der Waals surface area contributed by atoms with Crippen LogP contribution in [0.4, 0.5) is 4.39 Å². The Kier molecular flexibility index (Phi) is 4.77. The molecule has 2 atom stereocenters. The van der Waals surface area contributed by atoms with Crippen LogP contribution in [0.1, 0.15) is 24.2 Å². The molecule has 0 radical (unpaired) electrons. The predicted octanol–water partition coefficient (Wildman–Crippen LogP) is 0.228. The second-order valence-corrected chi connectivity index (χ2v) is 3.80. The van der Waals surface area contributed by atoms with Crippen molar-refractivity contribution in [1.29, 1.82) is 5.26 Å². The molecule has 96 valence electrons. The van der Waals surface area contributed by atoms with Crippen molar-refractivity contribution in [3.8, 4) is 6.07 Å². The largest absolute Gasteiger partial charge is 0.388 e. The number of hydrogen-bond donors (Lipinski definition) is 3. The molecule has 1 rings (SSSR count).